The molecule has 0 bridgehead atoms. The van der Waals surface area contributed by atoms with E-state index in [0.29, 0.717) is 5.00 Å². The fourth-order valence-corrected chi connectivity index (χ4v) is 1.13. The highest BCUT2D eigenvalue weighted by molar-refractivity contribution is 7.14. The van der Waals surface area contributed by atoms with E-state index in [0.717, 1.165) is 0 Å². The normalized spacial score (nSPS) is 8.36. The summed E-state index contributed by atoms with van der Waals surface area (Å²) >= 11 is 1.36. The Hall–Kier alpha value is -1.52. The van der Waals surface area contributed by atoms with E-state index in [4.69, 9.17) is 5.53 Å². The maximum atomic E-state index is 10.6. The van der Waals surface area contributed by atoms with E-state index in [-0.39, 0.29) is 0 Å². The van der Waals surface area contributed by atoms with Gasteiger partial charge in [0, 0.05) is 10.0 Å². The molecule has 0 saturated heterocycles. The molecule has 0 unspecified atom stereocenters. The molecule has 0 atom stereocenters. The lowest BCUT2D eigenvalue weighted by Gasteiger charge is -1.92. The van der Waals surface area contributed by atoms with Crippen LogP contribution < -0.4 is 5.32 Å². The zero-order valence-electron chi connectivity index (χ0n) is 5.39. The number of azide groups is 1. The van der Waals surface area contributed by atoms with Crippen LogP contribution in [0.3, 0.4) is 0 Å². The highest BCUT2D eigenvalue weighted by Gasteiger charge is 1.96. The maximum absolute atomic E-state index is 10.6. The number of hydrogen-bond acceptors (Lipinski definition) is 2. The highest BCUT2D eigenvalue weighted by Crippen LogP contribution is 2.14. The molecule has 0 saturated carbocycles. The fraction of sp³-hybridized carbons (Fsp3) is 0. The van der Waals surface area contributed by atoms with Crippen LogP contribution in [0.25, 0.3) is 10.4 Å². The van der Waals surface area contributed by atoms with Crippen LogP contribution in [0.1, 0.15) is 0 Å². The molecule has 0 spiro atoms. The number of thiophene rings is 1. The van der Waals surface area contributed by atoms with Gasteiger partial charge in [0.05, 0.1) is 5.00 Å². The number of rotatable bonds is 1. The molecule has 1 rings (SSSR count). The summed E-state index contributed by atoms with van der Waals surface area (Å²) in [4.78, 5) is 12.9. The Bertz CT molecular complexity index is 287. The van der Waals surface area contributed by atoms with Gasteiger partial charge in [0.15, 0.2) is 0 Å². The lowest BCUT2D eigenvalue weighted by atomic mass is 10.6. The molecule has 6 heteroatoms. The lowest BCUT2D eigenvalue weighted by Crippen LogP contribution is -2.02. The first kappa shape index (κ1) is 7.59. The number of carbonyl (C=O) groups is 1. The largest absolute Gasteiger partial charge is 0.313 e. The second kappa shape index (κ2) is 3.60. The molecule has 0 aromatic carbocycles. The summed E-state index contributed by atoms with van der Waals surface area (Å²) in [5.41, 5.74) is 7.87. The molecule has 0 aliphatic carbocycles. The van der Waals surface area contributed by atoms with Crippen molar-refractivity contribution in [2.75, 3.05) is 5.32 Å². The number of amides is 2. The van der Waals surface area contributed by atoms with Gasteiger partial charge in [0.1, 0.15) is 0 Å². The number of nitrogens with zero attached hydrogens (tertiary/aromatic N) is 3. The molecule has 56 valence electrons. The molecule has 11 heavy (non-hydrogen) atoms. The van der Waals surface area contributed by atoms with Crippen molar-refractivity contribution in [1.82, 2.24) is 0 Å². The summed E-state index contributed by atoms with van der Waals surface area (Å²) in [6.45, 7) is 0. The third-order valence-electron chi connectivity index (χ3n) is 0.887. The first-order chi connectivity index (χ1) is 5.33. The quantitative estimate of drug-likeness (QED) is 0.390. The molecule has 0 aliphatic rings. The number of urea groups is 1. The third kappa shape index (κ3) is 2.29. The van der Waals surface area contributed by atoms with Gasteiger partial charge in [-0.2, -0.15) is 0 Å². The summed E-state index contributed by atoms with van der Waals surface area (Å²) in [5.74, 6) is 0. The van der Waals surface area contributed by atoms with Crippen LogP contribution in [-0.2, 0) is 0 Å². The first-order valence-electron chi connectivity index (χ1n) is 2.72. The van der Waals surface area contributed by atoms with Crippen LogP contribution >= 0.6 is 11.3 Å². The number of nitrogens with one attached hydrogen (secondary N) is 1. The zero-order chi connectivity index (χ0) is 8.10. The predicted molar refractivity (Wildman–Crippen MR) is 42.5 cm³/mol. The van der Waals surface area contributed by atoms with Crippen molar-refractivity contribution in [1.29, 1.82) is 0 Å². The molecule has 0 radical (unpaired) electrons. The van der Waals surface area contributed by atoms with Crippen molar-refractivity contribution in [3.63, 3.8) is 0 Å². The van der Waals surface area contributed by atoms with Crippen LogP contribution in [0, 0.1) is 0 Å². The Morgan fingerprint density at radius 1 is 1.82 bits per heavy atom. The van der Waals surface area contributed by atoms with Gasteiger partial charge < -0.3 is 5.32 Å². The predicted octanol–water partition coefficient (Wildman–Crippen LogP) is 2.59. The monoisotopic (exact) mass is 168 g/mol. The standard InChI is InChI=1S/C5H4N4OS/c6-9-8-5(10)7-4-2-1-3-11-4/h1-3H,(H,7,10). The Morgan fingerprint density at radius 2 is 2.64 bits per heavy atom. The smallest absolute Gasteiger partial charge is 0.312 e. The molecular formula is C5H4N4OS. The molecule has 1 aromatic heterocycles. The number of anilines is 1. The van der Waals surface area contributed by atoms with Crippen LogP contribution in [0.15, 0.2) is 22.6 Å². The van der Waals surface area contributed by atoms with Crippen molar-refractivity contribution in [2.45, 2.75) is 0 Å². The van der Waals surface area contributed by atoms with E-state index in [1.807, 2.05) is 5.38 Å². The van der Waals surface area contributed by atoms with Gasteiger partial charge in [-0.25, -0.2) is 0 Å². The van der Waals surface area contributed by atoms with E-state index in [2.05, 4.69) is 15.3 Å². The van der Waals surface area contributed by atoms with Gasteiger partial charge in [-0.3, -0.25) is 4.79 Å². The number of carbonyl (C=O) groups excluding carboxylic acids is 1. The average Bonchev–Trinajstić information content (AvgIpc) is 2.40. The molecule has 2 amide bonds. The van der Waals surface area contributed by atoms with Crippen LogP contribution in [0.2, 0.25) is 0 Å². The van der Waals surface area contributed by atoms with Crippen molar-refractivity contribution in [3.8, 4) is 0 Å². The van der Waals surface area contributed by atoms with E-state index in [1.165, 1.54) is 11.3 Å². The second-order valence-electron chi connectivity index (χ2n) is 1.60. The van der Waals surface area contributed by atoms with E-state index >= 15 is 0 Å². The summed E-state index contributed by atoms with van der Waals surface area (Å²) in [7, 11) is 0. The zero-order valence-corrected chi connectivity index (χ0v) is 6.21. The van der Waals surface area contributed by atoms with Gasteiger partial charge >= 0.3 is 6.03 Å². The van der Waals surface area contributed by atoms with E-state index in [1.54, 1.807) is 12.1 Å². The SMILES string of the molecule is [N-]=[N+]=NC(=O)Nc1cccs1. The van der Waals surface area contributed by atoms with Gasteiger partial charge in [-0.05, 0) is 23.0 Å². The molecular weight excluding hydrogens is 164 g/mol. The fourth-order valence-electron chi connectivity index (χ4n) is 0.521. The van der Waals surface area contributed by atoms with Crippen LogP contribution in [-0.4, -0.2) is 6.03 Å². The van der Waals surface area contributed by atoms with Gasteiger partial charge in [-0.1, -0.05) is 0 Å². The molecule has 0 fully saturated rings. The van der Waals surface area contributed by atoms with E-state index in [9.17, 15) is 4.79 Å². The summed E-state index contributed by atoms with van der Waals surface area (Å²) in [6.07, 6.45) is 0. The van der Waals surface area contributed by atoms with Crippen molar-refractivity contribution in [3.05, 3.63) is 28.0 Å². The lowest BCUT2D eigenvalue weighted by molar-refractivity contribution is 0.259. The third-order valence-corrected chi connectivity index (χ3v) is 1.67. The highest BCUT2D eigenvalue weighted by atomic mass is 32.1. The van der Waals surface area contributed by atoms with Gasteiger partial charge in [0.2, 0.25) is 0 Å². The van der Waals surface area contributed by atoms with Crippen LogP contribution in [0.4, 0.5) is 9.80 Å². The van der Waals surface area contributed by atoms with Crippen molar-refractivity contribution in [2.24, 2.45) is 5.11 Å². The van der Waals surface area contributed by atoms with Crippen molar-refractivity contribution >= 4 is 22.4 Å². The molecule has 0 aliphatic heterocycles. The van der Waals surface area contributed by atoms with Crippen molar-refractivity contribution < 1.29 is 4.79 Å². The minimum Gasteiger partial charge on any atom is -0.312 e. The summed E-state index contributed by atoms with van der Waals surface area (Å²) in [6, 6.07) is 2.82. The maximum Gasteiger partial charge on any atom is 0.313 e. The van der Waals surface area contributed by atoms with Gasteiger partial charge in [0.25, 0.3) is 0 Å². The molecule has 1 aromatic rings. The Labute approximate surface area is 66.3 Å². The molecule has 1 N–H and O–H groups in total. The summed E-state index contributed by atoms with van der Waals surface area (Å²) in [5, 5.41) is 7.70. The minimum atomic E-state index is -0.685. The Balaban J connectivity index is 2.57. The number of hydrogen-bond donors (Lipinski definition) is 1. The topological polar surface area (TPSA) is 77.9 Å². The minimum absolute atomic E-state index is 0.669. The molecule has 1 heterocycles. The first-order valence-corrected chi connectivity index (χ1v) is 3.60. The summed E-state index contributed by atoms with van der Waals surface area (Å²) < 4.78 is 0. The average molecular weight is 168 g/mol. The van der Waals surface area contributed by atoms with E-state index < -0.39 is 6.03 Å². The second-order valence-corrected chi connectivity index (χ2v) is 2.54. The Kier molecular flexibility index (Phi) is 2.48. The molecule has 5 nitrogen and oxygen atoms in total. The van der Waals surface area contributed by atoms with Crippen LogP contribution in [0.5, 0.6) is 0 Å². The van der Waals surface area contributed by atoms with Gasteiger partial charge in [-0.15, -0.1) is 11.3 Å². The Morgan fingerprint density at radius 3 is 3.18 bits per heavy atom.